The Morgan fingerprint density at radius 2 is 1.88 bits per heavy atom. The van der Waals surface area contributed by atoms with Crippen LogP contribution in [-0.2, 0) is 11.3 Å². The number of amides is 2. The number of nitrogens with zero attached hydrogens (tertiary/aromatic N) is 4. The van der Waals surface area contributed by atoms with Crippen LogP contribution in [0.4, 0.5) is 0 Å². The van der Waals surface area contributed by atoms with Crippen molar-refractivity contribution in [3.8, 4) is 17.0 Å². The average molecular weight is 441 g/mol. The van der Waals surface area contributed by atoms with Crippen molar-refractivity contribution in [2.45, 2.75) is 6.54 Å². The van der Waals surface area contributed by atoms with Crippen LogP contribution in [0.2, 0.25) is 0 Å². The van der Waals surface area contributed by atoms with Crippen LogP contribution in [0.15, 0.2) is 67.1 Å². The van der Waals surface area contributed by atoms with Crippen molar-refractivity contribution in [3.63, 3.8) is 0 Å². The summed E-state index contributed by atoms with van der Waals surface area (Å²) in [4.78, 5) is 40.8. The first-order valence-electron chi connectivity index (χ1n) is 10.7. The highest BCUT2D eigenvalue weighted by Crippen LogP contribution is 2.22. The molecule has 0 atom stereocenters. The summed E-state index contributed by atoms with van der Waals surface area (Å²) in [6.07, 6.45) is 5.26. The Morgan fingerprint density at radius 1 is 1.06 bits per heavy atom. The van der Waals surface area contributed by atoms with E-state index in [1.54, 1.807) is 53.7 Å². The molecule has 8 nitrogen and oxygen atoms in total. The maximum Gasteiger partial charge on any atom is 0.254 e. The number of carbonyl (C=O) groups excluding carboxylic acids is 2. The van der Waals surface area contributed by atoms with Crippen molar-refractivity contribution in [1.82, 2.24) is 24.8 Å². The van der Waals surface area contributed by atoms with Crippen LogP contribution in [0, 0.1) is 0 Å². The molecule has 1 fully saturated rings. The molecule has 5 rings (SSSR count). The lowest BCUT2D eigenvalue weighted by atomic mass is 10.0. The van der Waals surface area contributed by atoms with Crippen LogP contribution in [0.3, 0.4) is 0 Å². The topological polar surface area (TPSA) is 91.4 Å². The second kappa shape index (κ2) is 8.74. The molecule has 0 bridgehead atoms. The van der Waals surface area contributed by atoms with Crippen molar-refractivity contribution in [3.05, 3.63) is 78.4 Å². The molecule has 1 saturated heterocycles. The van der Waals surface area contributed by atoms with Gasteiger partial charge in [-0.2, -0.15) is 0 Å². The van der Waals surface area contributed by atoms with Crippen LogP contribution in [0.5, 0.6) is 5.88 Å². The molecule has 33 heavy (non-hydrogen) atoms. The summed E-state index contributed by atoms with van der Waals surface area (Å²) in [5.74, 6) is 0.349. The largest absolute Gasteiger partial charge is 0.481 e. The Balaban J connectivity index is 1.22. The van der Waals surface area contributed by atoms with Gasteiger partial charge >= 0.3 is 0 Å². The van der Waals surface area contributed by atoms with Gasteiger partial charge in [0.15, 0.2) is 0 Å². The third-order valence-electron chi connectivity index (χ3n) is 5.85. The number of pyridine rings is 2. The molecular weight excluding hydrogens is 418 g/mol. The van der Waals surface area contributed by atoms with Crippen LogP contribution in [0.25, 0.3) is 22.0 Å². The zero-order chi connectivity index (χ0) is 22.8. The lowest BCUT2D eigenvalue weighted by Crippen LogP contribution is -2.51. The molecule has 1 aliphatic rings. The van der Waals surface area contributed by atoms with Gasteiger partial charge in [-0.3, -0.25) is 14.6 Å². The number of ether oxygens (including phenoxy) is 1. The minimum Gasteiger partial charge on any atom is -0.481 e. The molecule has 4 aromatic rings. The van der Waals surface area contributed by atoms with Gasteiger partial charge < -0.3 is 19.5 Å². The van der Waals surface area contributed by atoms with Crippen LogP contribution in [0.1, 0.15) is 16.1 Å². The Kier molecular flexibility index (Phi) is 5.48. The molecule has 1 aliphatic heterocycles. The average Bonchev–Trinajstić information content (AvgIpc) is 3.27. The van der Waals surface area contributed by atoms with E-state index in [1.807, 2.05) is 30.3 Å². The number of nitrogens with one attached hydrogen (secondary N) is 1. The molecule has 3 aromatic heterocycles. The SMILES string of the molecule is COc1ccc(-c2ccc(C(=O)N3CCN(Cc4cc5cnccc5[nH]4)C(=O)C3)cc2)cn1. The van der Waals surface area contributed by atoms with E-state index in [1.165, 1.54) is 0 Å². The maximum absolute atomic E-state index is 13.0. The van der Waals surface area contributed by atoms with Crippen molar-refractivity contribution >= 4 is 22.7 Å². The molecule has 2 amide bonds. The van der Waals surface area contributed by atoms with E-state index in [2.05, 4.69) is 15.0 Å². The molecule has 1 N–H and O–H groups in total. The quantitative estimate of drug-likeness (QED) is 0.514. The molecular formula is C25H23N5O3. The minimum atomic E-state index is -0.140. The Hall–Kier alpha value is -4.20. The van der Waals surface area contributed by atoms with Crippen molar-refractivity contribution in [2.75, 3.05) is 26.7 Å². The summed E-state index contributed by atoms with van der Waals surface area (Å²) in [7, 11) is 1.58. The predicted molar refractivity (Wildman–Crippen MR) is 124 cm³/mol. The molecule has 166 valence electrons. The Morgan fingerprint density at radius 3 is 2.58 bits per heavy atom. The normalized spacial score (nSPS) is 14.0. The number of aromatic nitrogens is 3. The highest BCUT2D eigenvalue weighted by molar-refractivity contribution is 5.97. The van der Waals surface area contributed by atoms with Gasteiger partial charge in [-0.15, -0.1) is 0 Å². The van der Waals surface area contributed by atoms with Crippen LogP contribution < -0.4 is 4.74 Å². The number of hydrogen-bond acceptors (Lipinski definition) is 5. The first kappa shape index (κ1) is 20.7. The molecule has 1 aromatic carbocycles. The monoisotopic (exact) mass is 441 g/mol. The molecule has 4 heterocycles. The van der Waals surface area contributed by atoms with Gasteiger partial charge in [-0.05, 0) is 35.9 Å². The molecule has 0 saturated carbocycles. The number of rotatable bonds is 5. The summed E-state index contributed by atoms with van der Waals surface area (Å²) in [6.45, 7) is 1.55. The van der Waals surface area contributed by atoms with Gasteiger partial charge in [0.25, 0.3) is 5.91 Å². The lowest BCUT2D eigenvalue weighted by Gasteiger charge is -2.34. The first-order valence-corrected chi connectivity index (χ1v) is 10.7. The number of hydrogen-bond donors (Lipinski definition) is 1. The van der Waals surface area contributed by atoms with E-state index in [9.17, 15) is 9.59 Å². The number of carbonyl (C=O) groups is 2. The second-order valence-electron chi connectivity index (χ2n) is 7.97. The smallest absolute Gasteiger partial charge is 0.254 e. The Bertz CT molecular complexity index is 1260. The fraction of sp³-hybridized carbons (Fsp3) is 0.200. The summed E-state index contributed by atoms with van der Waals surface area (Å²) in [6, 6.07) is 15.0. The van der Waals surface area contributed by atoms with E-state index in [0.717, 1.165) is 27.7 Å². The highest BCUT2D eigenvalue weighted by atomic mass is 16.5. The summed E-state index contributed by atoms with van der Waals surface area (Å²) >= 11 is 0. The van der Waals surface area contributed by atoms with E-state index >= 15 is 0 Å². The van der Waals surface area contributed by atoms with Gasteiger partial charge in [0.05, 0.1) is 13.7 Å². The van der Waals surface area contributed by atoms with Crippen molar-refractivity contribution < 1.29 is 14.3 Å². The van der Waals surface area contributed by atoms with E-state index in [0.29, 0.717) is 31.1 Å². The van der Waals surface area contributed by atoms with E-state index in [4.69, 9.17) is 4.74 Å². The van der Waals surface area contributed by atoms with Gasteiger partial charge in [-0.1, -0.05) is 12.1 Å². The number of fused-ring (bicyclic) bond motifs is 1. The third kappa shape index (κ3) is 4.27. The van der Waals surface area contributed by atoms with E-state index < -0.39 is 0 Å². The molecule has 0 radical (unpaired) electrons. The molecule has 8 heteroatoms. The summed E-state index contributed by atoms with van der Waals surface area (Å²) in [5, 5.41) is 1.02. The number of piperazine rings is 1. The Labute approximate surface area is 190 Å². The van der Waals surface area contributed by atoms with Crippen molar-refractivity contribution in [2.24, 2.45) is 0 Å². The van der Waals surface area contributed by atoms with E-state index in [-0.39, 0.29) is 18.4 Å². The standard InChI is InChI=1S/C25H23N5O3/c1-33-23-7-6-19(14-27-23)17-2-4-18(5-3-17)25(32)30-11-10-29(24(31)16-30)15-21-12-20-13-26-9-8-22(20)28-21/h2-9,12-14,28H,10-11,15-16H2,1H3. The van der Waals surface area contributed by atoms with Gasteiger partial charge in [0.1, 0.15) is 6.54 Å². The molecule has 0 unspecified atom stereocenters. The number of benzene rings is 1. The lowest BCUT2D eigenvalue weighted by molar-refractivity contribution is -0.135. The predicted octanol–water partition coefficient (Wildman–Crippen LogP) is 3.12. The first-order chi connectivity index (χ1) is 16.1. The molecule has 0 spiro atoms. The summed E-state index contributed by atoms with van der Waals surface area (Å²) in [5.41, 5.74) is 4.40. The minimum absolute atomic E-state index is 0.0627. The third-order valence-corrected chi connectivity index (χ3v) is 5.85. The zero-order valence-corrected chi connectivity index (χ0v) is 18.2. The summed E-state index contributed by atoms with van der Waals surface area (Å²) < 4.78 is 5.09. The number of methoxy groups -OCH3 is 1. The van der Waals surface area contributed by atoms with Crippen LogP contribution >= 0.6 is 0 Å². The zero-order valence-electron chi connectivity index (χ0n) is 18.2. The van der Waals surface area contributed by atoms with Crippen molar-refractivity contribution in [1.29, 1.82) is 0 Å². The fourth-order valence-corrected chi connectivity index (χ4v) is 4.03. The highest BCUT2D eigenvalue weighted by Gasteiger charge is 2.28. The second-order valence-corrected chi connectivity index (χ2v) is 7.97. The van der Waals surface area contributed by atoms with Gasteiger partial charge in [-0.25, -0.2) is 4.98 Å². The fourth-order valence-electron chi connectivity index (χ4n) is 4.03. The maximum atomic E-state index is 13.0. The van der Waals surface area contributed by atoms with Gasteiger partial charge in [0.2, 0.25) is 11.8 Å². The molecule has 0 aliphatic carbocycles. The van der Waals surface area contributed by atoms with Gasteiger partial charge in [0, 0.05) is 65.5 Å². The number of H-pyrrole nitrogens is 1. The van der Waals surface area contributed by atoms with Crippen LogP contribution in [-0.4, -0.2) is 63.3 Å². The number of aromatic amines is 1.